The van der Waals surface area contributed by atoms with Crippen LogP contribution in [0.15, 0.2) is 24.3 Å². The molecule has 1 aromatic carbocycles. The number of nitrogens with zero attached hydrogens (tertiary/aromatic N) is 1. The van der Waals surface area contributed by atoms with E-state index in [1.165, 1.54) is 0 Å². The highest BCUT2D eigenvalue weighted by Crippen LogP contribution is 2.30. The van der Waals surface area contributed by atoms with Crippen LogP contribution < -0.4 is 0 Å². The normalized spacial score (nSPS) is 10.2. The molecule has 2 rings (SSSR count). The quantitative estimate of drug-likeness (QED) is 0.564. The van der Waals surface area contributed by atoms with E-state index in [0.29, 0.717) is 5.69 Å². The van der Waals surface area contributed by atoms with Gasteiger partial charge in [-0.2, -0.15) is 0 Å². The maximum absolute atomic E-state index is 12.6. The van der Waals surface area contributed by atoms with Crippen molar-refractivity contribution in [2.45, 2.75) is 6.92 Å². The zero-order valence-electron chi connectivity index (χ0n) is 16.0. The van der Waals surface area contributed by atoms with Gasteiger partial charge in [-0.1, -0.05) is 12.1 Å². The van der Waals surface area contributed by atoms with Crippen LogP contribution in [0.1, 0.15) is 47.3 Å². The fraction of sp³-hybridized carbons (Fsp3) is 0.263. The summed E-state index contributed by atoms with van der Waals surface area (Å²) < 4.78 is 20.2. The van der Waals surface area contributed by atoms with Crippen molar-refractivity contribution in [3.05, 3.63) is 52.3 Å². The standard InChI is InChI=1S/C19H19NO8/c1-10-7-6-8-11(9-10)20-14(18(23)27-4)12(16(21)25-2)13(17(22)26-3)15(20)19(24)28-5/h6-9H,1-5H3. The van der Waals surface area contributed by atoms with Gasteiger partial charge >= 0.3 is 23.9 Å². The second-order valence-electron chi connectivity index (χ2n) is 5.59. The molecule has 0 radical (unpaired) electrons. The summed E-state index contributed by atoms with van der Waals surface area (Å²) in [4.78, 5) is 50.1. The van der Waals surface area contributed by atoms with Gasteiger partial charge < -0.3 is 18.9 Å². The molecular formula is C19H19NO8. The summed E-state index contributed by atoms with van der Waals surface area (Å²) in [6.45, 7) is 1.80. The molecule has 9 nitrogen and oxygen atoms in total. The number of carbonyl (C=O) groups is 4. The van der Waals surface area contributed by atoms with E-state index in [-0.39, 0.29) is 11.4 Å². The van der Waals surface area contributed by atoms with Gasteiger partial charge in [0.25, 0.3) is 0 Å². The van der Waals surface area contributed by atoms with E-state index in [1.54, 1.807) is 31.2 Å². The number of aromatic nitrogens is 1. The van der Waals surface area contributed by atoms with Crippen molar-refractivity contribution in [2.75, 3.05) is 28.4 Å². The first-order valence-corrected chi connectivity index (χ1v) is 8.01. The SMILES string of the molecule is COC(=O)c1c(C(=O)OC)c(C(=O)OC)n(-c2cccc(C)c2)c1C(=O)OC. The first kappa shape index (κ1) is 20.7. The minimum Gasteiger partial charge on any atom is -0.465 e. The number of carbonyl (C=O) groups excluding carboxylic acids is 4. The zero-order valence-corrected chi connectivity index (χ0v) is 16.0. The van der Waals surface area contributed by atoms with Crippen molar-refractivity contribution in [3.8, 4) is 5.69 Å². The highest BCUT2D eigenvalue weighted by Gasteiger charge is 2.39. The lowest BCUT2D eigenvalue weighted by Crippen LogP contribution is -2.17. The molecule has 148 valence electrons. The summed E-state index contributed by atoms with van der Waals surface area (Å²) in [5, 5.41) is 0. The molecular weight excluding hydrogens is 370 g/mol. The lowest BCUT2D eigenvalue weighted by atomic mass is 10.1. The van der Waals surface area contributed by atoms with Crippen LogP contribution in [-0.2, 0) is 18.9 Å². The van der Waals surface area contributed by atoms with Crippen LogP contribution in [0, 0.1) is 6.92 Å². The van der Waals surface area contributed by atoms with Gasteiger partial charge in [-0.05, 0) is 24.6 Å². The Balaban J connectivity index is 3.12. The maximum atomic E-state index is 12.6. The van der Waals surface area contributed by atoms with Crippen LogP contribution in [0.5, 0.6) is 0 Å². The molecule has 0 atom stereocenters. The van der Waals surface area contributed by atoms with Crippen LogP contribution in [0.2, 0.25) is 0 Å². The molecule has 0 aliphatic heterocycles. The van der Waals surface area contributed by atoms with Crippen LogP contribution >= 0.6 is 0 Å². The van der Waals surface area contributed by atoms with Gasteiger partial charge in [-0.25, -0.2) is 19.2 Å². The van der Waals surface area contributed by atoms with Gasteiger partial charge in [-0.3, -0.25) is 4.57 Å². The van der Waals surface area contributed by atoms with Crippen molar-refractivity contribution in [2.24, 2.45) is 0 Å². The Kier molecular flexibility index (Phi) is 6.19. The molecule has 9 heteroatoms. The predicted molar refractivity (Wildman–Crippen MR) is 95.9 cm³/mol. The molecule has 0 aliphatic rings. The van der Waals surface area contributed by atoms with E-state index in [1.807, 2.05) is 0 Å². The van der Waals surface area contributed by atoms with E-state index in [0.717, 1.165) is 38.6 Å². The van der Waals surface area contributed by atoms with E-state index in [9.17, 15) is 19.2 Å². The molecule has 1 heterocycles. The third-order valence-corrected chi connectivity index (χ3v) is 3.97. The topological polar surface area (TPSA) is 110 Å². The van der Waals surface area contributed by atoms with E-state index in [2.05, 4.69) is 0 Å². The van der Waals surface area contributed by atoms with Crippen molar-refractivity contribution >= 4 is 23.9 Å². The van der Waals surface area contributed by atoms with Crippen LogP contribution in [0.4, 0.5) is 0 Å². The third-order valence-electron chi connectivity index (χ3n) is 3.97. The minimum atomic E-state index is -1.02. The second-order valence-corrected chi connectivity index (χ2v) is 5.59. The molecule has 0 saturated heterocycles. The van der Waals surface area contributed by atoms with Crippen molar-refractivity contribution in [1.29, 1.82) is 0 Å². The molecule has 2 aromatic rings. The minimum absolute atomic E-state index is 0.334. The number of hydrogen-bond acceptors (Lipinski definition) is 8. The van der Waals surface area contributed by atoms with Crippen LogP contribution in [0.25, 0.3) is 5.69 Å². The Bertz CT molecular complexity index is 904. The lowest BCUT2D eigenvalue weighted by Gasteiger charge is -2.12. The number of hydrogen-bond donors (Lipinski definition) is 0. The second kappa shape index (κ2) is 8.38. The first-order chi connectivity index (χ1) is 13.3. The molecule has 0 bridgehead atoms. The summed E-state index contributed by atoms with van der Waals surface area (Å²) in [7, 11) is 4.36. The summed E-state index contributed by atoms with van der Waals surface area (Å²) in [6, 6.07) is 6.72. The first-order valence-electron chi connectivity index (χ1n) is 8.01. The summed E-state index contributed by atoms with van der Waals surface area (Å²) in [5.74, 6) is -3.95. The molecule has 0 fully saturated rings. The van der Waals surface area contributed by atoms with Crippen molar-refractivity contribution < 1.29 is 38.1 Å². The van der Waals surface area contributed by atoms with Crippen molar-refractivity contribution in [1.82, 2.24) is 4.57 Å². The maximum Gasteiger partial charge on any atom is 0.355 e. The number of rotatable bonds is 5. The fourth-order valence-electron chi connectivity index (χ4n) is 2.78. The Morgan fingerprint density at radius 3 is 1.50 bits per heavy atom. The molecule has 0 aliphatic carbocycles. The monoisotopic (exact) mass is 389 g/mol. The van der Waals surface area contributed by atoms with Crippen LogP contribution in [-0.4, -0.2) is 56.9 Å². The molecule has 0 N–H and O–H groups in total. The molecule has 0 saturated carbocycles. The Morgan fingerprint density at radius 2 is 1.14 bits per heavy atom. The molecule has 28 heavy (non-hydrogen) atoms. The van der Waals surface area contributed by atoms with Gasteiger partial charge in [0.1, 0.15) is 22.5 Å². The molecule has 1 aromatic heterocycles. The number of esters is 4. The largest absolute Gasteiger partial charge is 0.465 e. The lowest BCUT2D eigenvalue weighted by molar-refractivity contribution is 0.0530. The van der Waals surface area contributed by atoms with Gasteiger partial charge in [0.05, 0.1) is 28.4 Å². The van der Waals surface area contributed by atoms with E-state index in [4.69, 9.17) is 18.9 Å². The van der Waals surface area contributed by atoms with Gasteiger partial charge in [-0.15, -0.1) is 0 Å². The average molecular weight is 389 g/mol. The zero-order chi connectivity index (χ0) is 21.0. The number of methoxy groups -OCH3 is 4. The predicted octanol–water partition coefficient (Wildman–Crippen LogP) is 1.93. The molecule has 0 unspecified atom stereocenters. The van der Waals surface area contributed by atoms with Gasteiger partial charge in [0, 0.05) is 5.69 Å². The highest BCUT2D eigenvalue weighted by atomic mass is 16.5. The Morgan fingerprint density at radius 1 is 0.714 bits per heavy atom. The van der Waals surface area contributed by atoms with Crippen LogP contribution in [0.3, 0.4) is 0 Å². The number of aryl methyl sites for hydroxylation is 1. The Hall–Kier alpha value is -3.62. The number of benzene rings is 1. The smallest absolute Gasteiger partial charge is 0.355 e. The number of ether oxygens (including phenoxy) is 4. The van der Waals surface area contributed by atoms with E-state index < -0.39 is 35.0 Å². The fourth-order valence-corrected chi connectivity index (χ4v) is 2.78. The van der Waals surface area contributed by atoms with Gasteiger partial charge in [0.2, 0.25) is 0 Å². The molecule has 0 spiro atoms. The molecule has 0 amide bonds. The van der Waals surface area contributed by atoms with E-state index >= 15 is 0 Å². The third kappa shape index (κ3) is 3.46. The summed E-state index contributed by atoms with van der Waals surface area (Å²) in [6.07, 6.45) is 0. The summed E-state index contributed by atoms with van der Waals surface area (Å²) in [5.41, 5.74) is -0.495. The summed E-state index contributed by atoms with van der Waals surface area (Å²) >= 11 is 0. The van der Waals surface area contributed by atoms with Gasteiger partial charge in [0.15, 0.2) is 0 Å². The highest BCUT2D eigenvalue weighted by molar-refractivity contribution is 6.15. The average Bonchev–Trinajstić information content (AvgIpc) is 3.07. The van der Waals surface area contributed by atoms with Crippen molar-refractivity contribution in [3.63, 3.8) is 0 Å². The Labute approximate surface area is 160 Å².